The van der Waals surface area contributed by atoms with Crippen LogP contribution >= 0.6 is 0 Å². The van der Waals surface area contributed by atoms with Gasteiger partial charge in [-0.3, -0.25) is 14.5 Å². The average molecular weight is 502 g/mol. The molecule has 1 saturated heterocycles. The molecule has 1 amide bonds. The van der Waals surface area contributed by atoms with E-state index in [4.69, 9.17) is 14.2 Å². The molecule has 0 radical (unpaired) electrons. The van der Waals surface area contributed by atoms with Gasteiger partial charge >= 0.3 is 5.97 Å². The van der Waals surface area contributed by atoms with Crippen molar-refractivity contribution in [1.82, 2.24) is 0 Å². The summed E-state index contributed by atoms with van der Waals surface area (Å²) in [5.74, 6) is -1.33. The second-order valence-electron chi connectivity index (χ2n) is 8.68. The van der Waals surface area contributed by atoms with Crippen LogP contribution in [0.2, 0.25) is 0 Å². The van der Waals surface area contributed by atoms with Crippen LogP contribution in [0.25, 0.3) is 5.76 Å². The first-order chi connectivity index (χ1) is 17.7. The Bertz CT molecular complexity index is 1360. The number of rotatable bonds is 7. The monoisotopic (exact) mass is 501 g/mol. The van der Waals surface area contributed by atoms with E-state index in [-0.39, 0.29) is 17.4 Å². The summed E-state index contributed by atoms with van der Waals surface area (Å²) in [5.41, 5.74) is 1.54. The zero-order valence-electron chi connectivity index (χ0n) is 20.9. The number of hydrogen-bond donors (Lipinski definition) is 1. The fraction of sp³-hybridized carbons (Fsp3) is 0.207. The molecule has 8 nitrogen and oxygen atoms in total. The highest BCUT2D eigenvalue weighted by Crippen LogP contribution is 2.43. The van der Waals surface area contributed by atoms with Crippen LogP contribution in [0.15, 0.2) is 78.4 Å². The molecule has 0 saturated carbocycles. The van der Waals surface area contributed by atoms with Gasteiger partial charge in [0.05, 0.1) is 37.5 Å². The van der Waals surface area contributed by atoms with Gasteiger partial charge in [0.15, 0.2) is 0 Å². The molecule has 1 N–H and O–H groups in total. The lowest BCUT2D eigenvalue weighted by atomic mass is 9.95. The normalized spacial score (nSPS) is 16.7. The molecule has 0 aromatic heterocycles. The van der Waals surface area contributed by atoms with E-state index >= 15 is 0 Å². The first-order valence-electron chi connectivity index (χ1n) is 11.7. The van der Waals surface area contributed by atoms with Crippen molar-refractivity contribution in [2.45, 2.75) is 26.0 Å². The zero-order chi connectivity index (χ0) is 26.7. The van der Waals surface area contributed by atoms with Crippen molar-refractivity contribution >= 4 is 29.1 Å². The van der Waals surface area contributed by atoms with Crippen LogP contribution in [-0.4, -0.2) is 43.1 Å². The molecule has 190 valence electrons. The number of hydrogen-bond acceptors (Lipinski definition) is 7. The molecule has 1 heterocycles. The molecular weight excluding hydrogens is 474 g/mol. The number of nitrogens with zero attached hydrogens (tertiary/aromatic N) is 1. The second kappa shape index (κ2) is 10.6. The predicted molar refractivity (Wildman–Crippen MR) is 138 cm³/mol. The van der Waals surface area contributed by atoms with Crippen LogP contribution in [-0.2, 0) is 14.3 Å². The van der Waals surface area contributed by atoms with Crippen LogP contribution in [0.1, 0.15) is 41.4 Å². The summed E-state index contributed by atoms with van der Waals surface area (Å²) in [7, 11) is 2.79. The minimum absolute atomic E-state index is 0.0246. The molecular formula is C29H27NO7. The van der Waals surface area contributed by atoms with Gasteiger partial charge in [0.25, 0.3) is 11.7 Å². The zero-order valence-corrected chi connectivity index (χ0v) is 20.9. The number of Topliss-reactive ketones (excluding diaryl/α,β-unsaturated/α-hetero) is 1. The number of esters is 1. The maximum Gasteiger partial charge on any atom is 0.337 e. The third-order valence-electron chi connectivity index (χ3n) is 5.92. The second-order valence-corrected chi connectivity index (χ2v) is 8.68. The highest BCUT2D eigenvalue weighted by Gasteiger charge is 2.47. The summed E-state index contributed by atoms with van der Waals surface area (Å²) in [6.07, 6.45) is -0.0246. The molecule has 0 aliphatic carbocycles. The summed E-state index contributed by atoms with van der Waals surface area (Å²) >= 11 is 0. The maximum absolute atomic E-state index is 13.3. The van der Waals surface area contributed by atoms with Gasteiger partial charge in [-0.25, -0.2) is 4.79 Å². The van der Waals surface area contributed by atoms with E-state index in [2.05, 4.69) is 0 Å². The number of benzene rings is 3. The predicted octanol–water partition coefficient (Wildman–Crippen LogP) is 4.90. The molecule has 3 aromatic rings. The van der Waals surface area contributed by atoms with Gasteiger partial charge in [0.2, 0.25) is 0 Å². The number of methoxy groups -OCH3 is 2. The first-order valence-corrected chi connectivity index (χ1v) is 11.7. The van der Waals surface area contributed by atoms with Gasteiger partial charge in [-0.05, 0) is 80.1 Å². The van der Waals surface area contributed by atoms with E-state index in [1.165, 1.54) is 31.3 Å². The van der Waals surface area contributed by atoms with E-state index in [1.54, 1.807) is 60.7 Å². The van der Waals surface area contributed by atoms with Gasteiger partial charge in [-0.2, -0.15) is 0 Å². The number of ether oxygens (including phenoxy) is 3. The van der Waals surface area contributed by atoms with E-state index in [9.17, 15) is 19.5 Å². The number of ketones is 1. The molecule has 0 spiro atoms. The van der Waals surface area contributed by atoms with E-state index < -0.39 is 23.7 Å². The highest BCUT2D eigenvalue weighted by molar-refractivity contribution is 6.51. The molecule has 1 aliphatic rings. The fourth-order valence-electron chi connectivity index (χ4n) is 4.22. The summed E-state index contributed by atoms with van der Waals surface area (Å²) in [6, 6.07) is 18.8. The Balaban J connectivity index is 1.85. The average Bonchev–Trinajstić information content (AvgIpc) is 3.18. The Kier molecular flexibility index (Phi) is 7.29. The molecule has 1 fully saturated rings. The Hall–Kier alpha value is -4.59. The SMILES string of the molecule is COC(=O)c1ccc(N2C(=O)C(=O)/C(=C(/O)c3ccc(OC(C)C)cc3)C2c2cccc(OC)c2)cc1. The summed E-state index contributed by atoms with van der Waals surface area (Å²) in [5, 5.41) is 11.3. The standard InChI is InChI=1S/C29H27NO7/c1-17(2)37-22-14-10-18(11-15-22)26(31)24-25(20-6-5-7-23(16-20)35-3)30(28(33)27(24)32)21-12-8-19(9-13-21)29(34)36-4/h5-17,25,31H,1-4H3/b26-24+. The Morgan fingerprint density at radius 2 is 1.54 bits per heavy atom. The fourth-order valence-corrected chi connectivity index (χ4v) is 4.22. The van der Waals surface area contributed by atoms with E-state index in [0.29, 0.717) is 33.9 Å². The van der Waals surface area contributed by atoms with Crippen molar-refractivity contribution in [1.29, 1.82) is 0 Å². The smallest absolute Gasteiger partial charge is 0.337 e. The topological polar surface area (TPSA) is 102 Å². The van der Waals surface area contributed by atoms with Crippen LogP contribution < -0.4 is 14.4 Å². The Labute approximate surface area is 214 Å². The van der Waals surface area contributed by atoms with Crippen LogP contribution in [0.5, 0.6) is 11.5 Å². The van der Waals surface area contributed by atoms with Crippen molar-refractivity contribution in [3.63, 3.8) is 0 Å². The molecule has 0 bridgehead atoms. The molecule has 37 heavy (non-hydrogen) atoms. The molecule has 4 rings (SSSR count). The van der Waals surface area contributed by atoms with Gasteiger partial charge < -0.3 is 19.3 Å². The van der Waals surface area contributed by atoms with E-state index in [1.807, 2.05) is 13.8 Å². The lowest BCUT2D eigenvalue weighted by Crippen LogP contribution is -2.29. The van der Waals surface area contributed by atoms with Crippen LogP contribution in [0.4, 0.5) is 5.69 Å². The number of aliphatic hydroxyl groups is 1. The van der Waals surface area contributed by atoms with Gasteiger partial charge in [0, 0.05) is 11.3 Å². The number of aliphatic hydroxyl groups excluding tert-OH is 1. The minimum Gasteiger partial charge on any atom is -0.507 e. The Morgan fingerprint density at radius 3 is 2.14 bits per heavy atom. The van der Waals surface area contributed by atoms with Crippen molar-refractivity contribution in [3.05, 3.63) is 95.1 Å². The molecule has 8 heteroatoms. The summed E-state index contributed by atoms with van der Waals surface area (Å²) in [6.45, 7) is 3.81. The molecule has 1 atom stereocenters. The number of carbonyl (C=O) groups is 3. The number of anilines is 1. The van der Waals surface area contributed by atoms with Gasteiger partial charge in [0.1, 0.15) is 17.3 Å². The Morgan fingerprint density at radius 1 is 0.892 bits per heavy atom. The largest absolute Gasteiger partial charge is 0.507 e. The van der Waals surface area contributed by atoms with Crippen molar-refractivity contribution in [3.8, 4) is 11.5 Å². The van der Waals surface area contributed by atoms with Crippen LogP contribution in [0, 0.1) is 0 Å². The number of amides is 1. The van der Waals surface area contributed by atoms with Crippen LogP contribution in [0.3, 0.4) is 0 Å². The first kappa shape index (κ1) is 25.5. The quantitative estimate of drug-likeness (QED) is 0.213. The van der Waals surface area contributed by atoms with Crippen molar-refractivity contribution < 1.29 is 33.7 Å². The third kappa shape index (κ3) is 5.04. The summed E-state index contributed by atoms with van der Waals surface area (Å²) < 4.78 is 15.8. The van der Waals surface area contributed by atoms with Gasteiger partial charge in [-0.15, -0.1) is 0 Å². The molecule has 1 aliphatic heterocycles. The van der Waals surface area contributed by atoms with Crippen molar-refractivity contribution in [2.24, 2.45) is 0 Å². The highest BCUT2D eigenvalue weighted by atomic mass is 16.5. The third-order valence-corrected chi connectivity index (χ3v) is 5.92. The van der Waals surface area contributed by atoms with Crippen molar-refractivity contribution in [2.75, 3.05) is 19.1 Å². The minimum atomic E-state index is -0.939. The maximum atomic E-state index is 13.3. The number of carbonyl (C=O) groups excluding carboxylic acids is 3. The molecule has 1 unspecified atom stereocenters. The lowest BCUT2D eigenvalue weighted by Gasteiger charge is -2.26. The molecule has 3 aromatic carbocycles. The lowest BCUT2D eigenvalue weighted by molar-refractivity contribution is -0.132. The van der Waals surface area contributed by atoms with Gasteiger partial charge in [-0.1, -0.05) is 12.1 Å². The van der Waals surface area contributed by atoms with E-state index in [0.717, 1.165) is 0 Å². The summed E-state index contributed by atoms with van der Waals surface area (Å²) in [4.78, 5) is 39.9.